The van der Waals surface area contributed by atoms with Gasteiger partial charge in [0.15, 0.2) is 5.17 Å². The van der Waals surface area contributed by atoms with E-state index in [0.29, 0.717) is 12.1 Å². The van der Waals surface area contributed by atoms with E-state index in [1.807, 2.05) is 11.8 Å². The zero-order chi connectivity index (χ0) is 13.4. The van der Waals surface area contributed by atoms with Gasteiger partial charge < -0.3 is 5.32 Å². The first kappa shape index (κ1) is 12.7. The Labute approximate surface area is 124 Å². The first-order valence-electron chi connectivity index (χ1n) is 7.64. The Balaban J connectivity index is 1.35. The number of hydrogen-bond acceptors (Lipinski definition) is 4. The summed E-state index contributed by atoms with van der Waals surface area (Å²) in [5.41, 5.74) is 1.34. The van der Waals surface area contributed by atoms with E-state index in [2.05, 4.69) is 40.5 Å². The fraction of sp³-hybridized carbons (Fsp3) is 0.562. The van der Waals surface area contributed by atoms with Crippen molar-refractivity contribution in [2.45, 2.75) is 37.4 Å². The zero-order valence-electron chi connectivity index (χ0n) is 11.7. The van der Waals surface area contributed by atoms with E-state index < -0.39 is 0 Å². The van der Waals surface area contributed by atoms with Crippen molar-refractivity contribution in [3.63, 3.8) is 0 Å². The third-order valence-electron chi connectivity index (χ3n) is 4.45. The number of rotatable bonds is 3. The van der Waals surface area contributed by atoms with E-state index in [4.69, 9.17) is 4.99 Å². The molecule has 3 aliphatic rings. The second kappa shape index (κ2) is 5.41. The van der Waals surface area contributed by atoms with Crippen molar-refractivity contribution in [2.24, 2.45) is 4.99 Å². The Bertz CT molecular complexity index is 498. The van der Waals surface area contributed by atoms with Gasteiger partial charge in [0.25, 0.3) is 0 Å². The molecule has 2 unspecified atom stereocenters. The number of thioether (sulfide) groups is 1. The molecule has 4 heteroatoms. The number of amidine groups is 1. The molecule has 2 aliphatic heterocycles. The fourth-order valence-electron chi connectivity index (χ4n) is 3.15. The van der Waals surface area contributed by atoms with Crippen LogP contribution in [0.1, 0.15) is 30.9 Å². The van der Waals surface area contributed by atoms with Gasteiger partial charge in [0, 0.05) is 30.9 Å². The summed E-state index contributed by atoms with van der Waals surface area (Å²) < 4.78 is 0. The van der Waals surface area contributed by atoms with Crippen LogP contribution in [-0.4, -0.2) is 41.0 Å². The second-order valence-electron chi connectivity index (χ2n) is 6.03. The Morgan fingerprint density at radius 2 is 2.00 bits per heavy atom. The van der Waals surface area contributed by atoms with Crippen molar-refractivity contribution in [3.05, 3.63) is 35.9 Å². The van der Waals surface area contributed by atoms with Crippen LogP contribution in [0.15, 0.2) is 35.3 Å². The number of hydrogen-bond donors (Lipinski definition) is 1. The highest BCUT2D eigenvalue weighted by Crippen LogP contribution is 2.32. The van der Waals surface area contributed by atoms with Gasteiger partial charge in [0.1, 0.15) is 0 Å². The molecule has 0 amide bonds. The largest absolute Gasteiger partial charge is 0.361 e. The lowest BCUT2D eigenvalue weighted by Crippen LogP contribution is -2.35. The highest BCUT2D eigenvalue weighted by atomic mass is 32.2. The maximum absolute atomic E-state index is 4.86. The first-order valence-corrected chi connectivity index (χ1v) is 8.63. The molecule has 106 valence electrons. The smallest absolute Gasteiger partial charge is 0.157 e. The van der Waals surface area contributed by atoms with Gasteiger partial charge in [0.2, 0.25) is 0 Å². The molecule has 1 aliphatic carbocycles. The summed E-state index contributed by atoms with van der Waals surface area (Å²) in [5, 5.41) is 4.82. The zero-order valence-corrected chi connectivity index (χ0v) is 12.5. The van der Waals surface area contributed by atoms with Crippen LogP contribution >= 0.6 is 11.8 Å². The van der Waals surface area contributed by atoms with Crippen LogP contribution in [0, 0.1) is 0 Å². The van der Waals surface area contributed by atoms with Gasteiger partial charge in [-0.25, -0.2) is 0 Å². The van der Waals surface area contributed by atoms with Crippen LogP contribution in [0.5, 0.6) is 0 Å². The number of likely N-dealkylation sites (tertiary alicyclic amines) is 1. The van der Waals surface area contributed by atoms with Crippen LogP contribution < -0.4 is 5.32 Å². The monoisotopic (exact) mass is 287 g/mol. The molecular formula is C16H21N3S. The molecule has 4 rings (SSSR count). The minimum atomic E-state index is 0.338. The molecule has 2 heterocycles. The molecule has 0 spiro atoms. The molecular weight excluding hydrogens is 266 g/mol. The topological polar surface area (TPSA) is 27.6 Å². The summed E-state index contributed by atoms with van der Waals surface area (Å²) in [7, 11) is 0. The molecule has 1 aromatic carbocycles. The number of nitrogens with one attached hydrogen (secondary N) is 1. The predicted molar refractivity (Wildman–Crippen MR) is 85.2 cm³/mol. The second-order valence-corrected chi connectivity index (χ2v) is 7.04. The molecule has 1 saturated carbocycles. The van der Waals surface area contributed by atoms with Crippen molar-refractivity contribution < 1.29 is 0 Å². The van der Waals surface area contributed by atoms with Gasteiger partial charge >= 0.3 is 0 Å². The summed E-state index contributed by atoms with van der Waals surface area (Å²) >= 11 is 1.88. The maximum atomic E-state index is 4.86. The fourth-order valence-corrected chi connectivity index (χ4v) is 4.18. The van der Waals surface area contributed by atoms with E-state index in [1.165, 1.54) is 37.9 Å². The maximum Gasteiger partial charge on any atom is 0.157 e. The molecule has 0 radical (unpaired) electrons. The minimum absolute atomic E-state index is 0.338. The van der Waals surface area contributed by atoms with Crippen LogP contribution in [-0.2, 0) is 0 Å². The highest BCUT2D eigenvalue weighted by Gasteiger charge is 2.35. The average molecular weight is 287 g/mol. The highest BCUT2D eigenvalue weighted by molar-refractivity contribution is 8.14. The summed E-state index contributed by atoms with van der Waals surface area (Å²) in [5.74, 6) is 1.07. The number of nitrogens with zero attached hydrogens (tertiary/aromatic N) is 2. The first-order chi connectivity index (χ1) is 9.88. The van der Waals surface area contributed by atoms with Gasteiger partial charge in [0.05, 0.1) is 6.04 Å². The van der Waals surface area contributed by atoms with Crippen molar-refractivity contribution in [3.8, 4) is 0 Å². The third-order valence-corrected chi connectivity index (χ3v) is 5.43. The lowest BCUT2D eigenvalue weighted by atomic mass is 10.1. The van der Waals surface area contributed by atoms with Gasteiger partial charge in [-0.05, 0) is 24.8 Å². The average Bonchev–Trinajstić information content (AvgIpc) is 3.06. The minimum Gasteiger partial charge on any atom is -0.361 e. The Kier molecular flexibility index (Phi) is 3.44. The van der Waals surface area contributed by atoms with Gasteiger partial charge in [-0.2, -0.15) is 0 Å². The van der Waals surface area contributed by atoms with Crippen molar-refractivity contribution in [1.29, 1.82) is 0 Å². The van der Waals surface area contributed by atoms with E-state index >= 15 is 0 Å². The molecule has 20 heavy (non-hydrogen) atoms. The van der Waals surface area contributed by atoms with Crippen molar-refractivity contribution in [1.82, 2.24) is 10.2 Å². The molecule has 1 N–H and O–H groups in total. The van der Waals surface area contributed by atoms with Gasteiger partial charge in [-0.15, -0.1) is 0 Å². The molecule has 2 atom stereocenters. The van der Waals surface area contributed by atoms with Crippen molar-refractivity contribution >= 4 is 16.9 Å². The summed E-state index contributed by atoms with van der Waals surface area (Å²) in [6.45, 7) is 2.47. The Morgan fingerprint density at radius 3 is 2.80 bits per heavy atom. The summed E-state index contributed by atoms with van der Waals surface area (Å²) in [4.78, 5) is 7.50. The van der Waals surface area contributed by atoms with Crippen LogP contribution in [0.2, 0.25) is 0 Å². The Morgan fingerprint density at radius 1 is 1.15 bits per heavy atom. The molecule has 0 aromatic heterocycles. The number of benzene rings is 1. The number of aliphatic imine (C=N–C) groups is 1. The van der Waals surface area contributed by atoms with Crippen LogP contribution in [0.4, 0.5) is 0 Å². The van der Waals surface area contributed by atoms with E-state index in [-0.39, 0.29) is 0 Å². The molecule has 3 nitrogen and oxygen atoms in total. The van der Waals surface area contributed by atoms with E-state index in [9.17, 15) is 0 Å². The normalized spacial score (nSPS) is 30.5. The summed E-state index contributed by atoms with van der Waals surface area (Å²) in [6.07, 6.45) is 4.10. The third kappa shape index (κ3) is 2.72. The molecule has 1 aromatic rings. The lowest BCUT2D eigenvalue weighted by Gasteiger charge is -2.16. The molecule has 1 saturated heterocycles. The van der Waals surface area contributed by atoms with Crippen LogP contribution in [0.3, 0.4) is 0 Å². The molecule has 2 fully saturated rings. The SMILES string of the molecule is c1ccc(C2CSC(NC3CCN(C4CC4)C3)=N2)cc1. The van der Waals surface area contributed by atoms with Crippen LogP contribution in [0.25, 0.3) is 0 Å². The Hall–Kier alpha value is -1.00. The standard InChI is InChI=1S/C16H21N3S/c1-2-4-12(5-3-1)15-11-20-16(18-15)17-13-8-9-19(10-13)14-6-7-14/h1-5,13-15H,6-11H2,(H,17,18). The van der Waals surface area contributed by atoms with E-state index in [0.717, 1.165) is 17.0 Å². The molecule has 0 bridgehead atoms. The van der Waals surface area contributed by atoms with Gasteiger partial charge in [-0.1, -0.05) is 42.1 Å². The van der Waals surface area contributed by atoms with Crippen molar-refractivity contribution in [2.75, 3.05) is 18.8 Å². The predicted octanol–water partition coefficient (Wildman–Crippen LogP) is 2.66. The van der Waals surface area contributed by atoms with E-state index in [1.54, 1.807) is 0 Å². The van der Waals surface area contributed by atoms with Gasteiger partial charge in [-0.3, -0.25) is 9.89 Å². The summed E-state index contributed by atoms with van der Waals surface area (Å²) in [6, 6.07) is 12.5. The lowest BCUT2D eigenvalue weighted by molar-refractivity contribution is 0.322. The quantitative estimate of drug-likeness (QED) is 0.926.